The van der Waals surface area contributed by atoms with Crippen LogP contribution in [-0.2, 0) is 20.1 Å². The van der Waals surface area contributed by atoms with Gasteiger partial charge in [-0.15, -0.1) is 0 Å². The van der Waals surface area contributed by atoms with Crippen LogP contribution in [0.25, 0.3) is 10.9 Å². The van der Waals surface area contributed by atoms with Crippen LogP contribution in [0, 0.1) is 0 Å². The van der Waals surface area contributed by atoms with Gasteiger partial charge in [-0.25, -0.2) is 0 Å². The molecule has 0 unspecified atom stereocenters. The van der Waals surface area contributed by atoms with Crippen molar-refractivity contribution in [1.29, 1.82) is 0 Å². The lowest BCUT2D eigenvalue weighted by Crippen LogP contribution is -2.21. The Bertz CT molecular complexity index is 736. The number of hydrogen-bond donors (Lipinski definition) is 1. The van der Waals surface area contributed by atoms with Crippen molar-refractivity contribution in [3.05, 3.63) is 54.0 Å². The third-order valence-electron chi connectivity index (χ3n) is 3.68. The molecule has 1 aromatic carbocycles. The summed E-state index contributed by atoms with van der Waals surface area (Å²) in [5.41, 5.74) is 3.85. The van der Waals surface area contributed by atoms with Crippen molar-refractivity contribution in [2.75, 3.05) is 0 Å². The van der Waals surface area contributed by atoms with Crippen LogP contribution in [0.3, 0.4) is 0 Å². The highest BCUT2D eigenvalue weighted by Gasteiger charge is 2.09. The number of fused-ring (bicyclic) bond motifs is 1. The van der Waals surface area contributed by atoms with E-state index in [0.717, 1.165) is 13.1 Å². The summed E-state index contributed by atoms with van der Waals surface area (Å²) in [6.07, 6.45) is 6.26. The van der Waals surface area contributed by atoms with Crippen LogP contribution in [0.2, 0.25) is 0 Å². The standard InChI is InChI=1S/C17H22N4/c1-13(2)18-9-15-12-21(11-14-8-19-20(3)10-14)17-7-5-4-6-16(15)17/h4-8,10,12-13,18H,9,11H2,1-3H3. The van der Waals surface area contributed by atoms with Gasteiger partial charge in [0.05, 0.1) is 12.7 Å². The zero-order valence-electron chi connectivity index (χ0n) is 12.9. The monoisotopic (exact) mass is 282 g/mol. The average Bonchev–Trinajstić information content (AvgIpc) is 3.02. The fraction of sp³-hybridized carbons (Fsp3) is 0.353. The Labute approximate surface area is 125 Å². The van der Waals surface area contributed by atoms with E-state index in [-0.39, 0.29) is 0 Å². The van der Waals surface area contributed by atoms with Gasteiger partial charge in [0.15, 0.2) is 0 Å². The number of rotatable bonds is 5. The largest absolute Gasteiger partial charge is 0.343 e. The maximum Gasteiger partial charge on any atom is 0.0539 e. The number of hydrogen-bond acceptors (Lipinski definition) is 2. The first kappa shape index (κ1) is 13.9. The van der Waals surface area contributed by atoms with Crippen LogP contribution in [0.1, 0.15) is 25.0 Å². The highest BCUT2D eigenvalue weighted by molar-refractivity contribution is 5.84. The van der Waals surface area contributed by atoms with Crippen molar-refractivity contribution in [2.24, 2.45) is 7.05 Å². The maximum atomic E-state index is 4.25. The maximum absolute atomic E-state index is 4.25. The van der Waals surface area contributed by atoms with E-state index in [9.17, 15) is 0 Å². The molecule has 0 aliphatic carbocycles. The van der Waals surface area contributed by atoms with Gasteiger partial charge in [0.25, 0.3) is 0 Å². The first-order valence-electron chi connectivity index (χ1n) is 7.41. The molecule has 2 heterocycles. The van der Waals surface area contributed by atoms with Crippen LogP contribution < -0.4 is 5.32 Å². The molecule has 0 aliphatic heterocycles. The number of para-hydroxylation sites is 1. The molecule has 0 spiro atoms. The summed E-state index contributed by atoms with van der Waals surface area (Å²) in [6.45, 7) is 6.11. The van der Waals surface area contributed by atoms with E-state index in [2.05, 4.69) is 65.5 Å². The molecule has 1 N–H and O–H groups in total. The van der Waals surface area contributed by atoms with Crippen molar-refractivity contribution in [2.45, 2.75) is 33.0 Å². The first-order chi connectivity index (χ1) is 10.1. The number of nitrogens with one attached hydrogen (secondary N) is 1. The second-order valence-corrected chi connectivity index (χ2v) is 5.86. The van der Waals surface area contributed by atoms with E-state index < -0.39 is 0 Å². The Morgan fingerprint density at radius 1 is 1.19 bits per heavy atom. The van der Waals surface area contributed by atoms with Gasteiger partial charge >= 0.3 is 0 Å². The minimum Gasteiger partial charge on any atom is -0.343 e. The first-order valence-corrected chi connectivity index (χ1v) is 7.41. The lowest BCUT2D eigenvalue weighted by Gasteiger charge is -2.06. The zero-order chi connectivity index (χ0) is 14.8. The quantitative estimate of drug-likeness (QED) is 0.781. The molecule has 4 heteroatoms. The van der Waals surface area contributed by atoms with Crippen LogP contribution >= 0.6 is 0 Å². The highest BCUT2D eigenvalue weighted by Crippen LogP contribution is 2.22. The fourth-order valence-corrected chi connectivity index (χ4v) is 2.66. The molecule has 3 aromatic rings. The van der Waals surface area contributed by atoms with E-state index in [1.807, 2.05) is 17.9 Å². The molecule has 2 aromatic heterocycles. The minimum atomic E-state index is 0.491. The molecule has 0 fully saturated rings. The number of nitrogens with zero attached hydrogens (tertiary/aromatic N) is 3. The molecule has 110 valence electrons. The van der Waals surface area contributed by atoms with Gasteiger partial charge in [-0.3, -0.25) is 4.68 Å². The summed E-state index contributed by atoms with van der Waals surface area (Å²) < 4.78 is 4.16. The van der Waals surface area contributed by atoms with Crippen LogP contribution in [0.15, 0.2) is 42.9 Å². The molecule has 0 saturated carbocycles. The summed E-state index contributed by atoms with van der Waals surface area (Å²) in [4.78, 5) is 0. The van der Waals surface area contributed by atoms with E-state index in [1.54, 1.807) is 0 Å². The normalized spacial score (nSPS) is 11.6. The van der Waals surface area contributed by atoms with Gasteiger partial charge in [-0.05, 0) is 11.6 Å². The molecule has 0 aliphatic rings. The van der Waals surface area contributed by atoms with Crippen LogP contribution in [-0.4, -0.2) is 20.4 Å². The molecule has 0 amide bonds. The van der Waals surface area contributed by atoms with Crippen molar-refractivity contribution in [3.8, 4) is 0 Å². The molecule has 0 bridgehead atoms. The molecule has 0 saturated heterocycles. The lowest BCUT2D eigenvalue weighted by molar-refractivity contribution is 0.589. The van der Waals surface area contributed by atoms with Crippen molar-refractivity contribution in [1.82, 2.24) is 19.7 Å². The number of benzene rings is 1. The number of aryl methyl sites for hydroxylation is 1. The molecule has 0 atom stereocenters. The van der Waals surface area contributed by atoms with E-state index in [4.69, 9.17) is 0 Å². The minimum absolute atomic E-state index is 0.491. The molecule has 21 heavy (non-hydrogen) atoms. The highest BCUT2D eigenvalue weighted by atomic mass is 15.2. The van der Waals surface area contributed by atoms with Crippen LogP contribution in [0.4, 0.5) is 0 Å². The SMILES string of the molecule is CC(C)NCc1cn(Cc2cnn(C)c2)c2ccccc12. The van der Waals surface area contributed by atoms with Crippen molar-refractivity contribution in [3.63, 3.8) is 0 Å². The van der Waals surface area contributed by atoms with E-state index in [0.29, 0.717) is 6.04 Å². The van der Waals surface area contributed by atoms with Crippen LogP contribution in [0.5, 0.6) is 0 Å². The lowest BCUT2D eigenvalue weighted by atomic mass is 10.1. The Hall–Kier alpha value is -2.07. The zero-order valence-corrected chi connectivity index (χ0v) is 12.9. The fourth-order valence-electron chi connectivity index (χ4n) is 2.66. The molecular formula is C17H22N4. The second-order valence-electron chi connectivity index (χ2n) is 5.86. The topological polar surface area (TPSA) is 34.8 Å². The van der Waals surface area contributed by atoms with Gasteiger partial charge < -0.3 is 9.88 Å². The second kappa shape index (κ2) is 5.74. The van der Waals surface area contributed by atoms with Gasteiger partial charge in [0, 0.05) is 48.5 Å². The molecular weight excluding hydrogens is 260 g/mol. The van der Waals surface area contributed by atoms with Crippen molar-refractivity contribution < 1.29 is 0 Å². The molecule has 0 radical (unpaired) electrons. The number of aromatic nitrogens is 3. The summed E-state index contributed by atoms with van der Waals surface area (Å²) in [5.74, 6) is 0. The Kier molecular flexibility index (Phi) is 3.80. The summed E-state index contributed by atoms with van der Waals surface area (Å²) in [5, 5.41) is 9.08. The molecule has 3 rings (SSSR count). The Morgan fingerprint density at radius 2 is 2.00 bits per heavy atom. The summed E-state index contributed by atoms with van der Waals surface area (Å²) in [7, 11) is 1.95. The Balaban J connectivity index is 1.94. The van der Waals surface area contributed by atoms with E-state index in [1.165, 1.54) is 22.0 Å². The summed E-state index contributed by atoms with van der Waals surface area (Å²) in [6, 6.07) is 9.08. The average molecular weight is 282 g/mol. The molecule has 4 nitrogen and oxygen atoms in total. The predicted molar refractivity (Wildman–Crippen MR) is 86.2 cm³/mol. The van der Waals surface area contributed by atoms with Gasteiger partial charge in [-0.1, -0.05) is 32.0 Å². The van der Waals surface area contributed by atoms with Gasteiger partial charge in [0.2, 0.25) is 0 Å². The van der Waals surface area contributed by atoms with Gasteiger partial charge in [0.1, 0.15) is 0 Å². The third kappa shape index (κ3) is 3.00. The third-order valence-corrected chi connectivity index (χ3v) is 3.68. The predicted octanol–water partition coefficient (Wildman–Crippen LogP) is 2.92. The Morgan fingerprint density at radius 3 is 2.71 bits per heavy atom. The summed E-state index contributed by atoms with van der Waals surface area (Å²) >= 11 is 0. The smallest absolute Gasteiger partial charge is 0.0539 e. The van der Waals surface area contributed by atoms with Gasteiger partial charge in [-0.2, -0.15) is 5.10 Å². The van der Waals surface area contributed by atoms with E-state index >= 15 is 0 Å². The van der Waals surface area contributed by atoms with Crippen molar-refractivity contribution >= 4 is 10.9 Å².